The molecular weight excluding hydrogens is 388 g/mol. The number of allylic oxidation sites excluding steroid dienone is 1. The Balaban J connectivity index is 4.49. The van der Waals surface area contributed by atoms with Crippen LogP contribution in [0.4, 0.5) is 0 Å². The Kier molecular flexibility index (Phi) is 17.6. The molecule has 0 N–H and O–H groups in total. The van der Waals surface area contributed by atoms with Gasteiger partial charge in [0.25, 0.3) is 0 Å². The van der Waals surface area contributed by atoms with E-state index in [0.717, 1.165) is 25.7 Å². The Morgan fingerprint density at radius 1 is 0.767 bits per heavy atom. The molecule has 0 fully saturated rings. The molecule has 0 amide bonds. The van der Waals surface area contributed by atoms with Crippen LogP contribution in [0.1, 0.15) is 117 Å². The number of rotatable bonds is 20. The Bertz CT molecular complexity index is 442. The summed E-state index contributed by atoms with van der Waals surface area (Å²) in [6.07, 6.45) is 23.9. The topological polar surface area (TPSA) is 35.5 Å². The van der Waals surface area contributed by atoms with Crippen molar-refractivity contribution in [3.63, 3.8) is 0 Å². The molecule has 178 valence electrons. The predicted molar refractivity (Wildman–Crippen MR) is 134 cm³/mol. The maximum Gasteiger partial charge on any atom is 0.341 e. The summed E-state index contributed by atoms with van der Waals surface area (Å²) in [4.78, 5) is 12.7. The van der Waals surface area contributed by atoms with E-state index >= 15 is 0 Å². The van der Waals surface area contributed by atoms with E-state index in [0.29, 0.717) is 0 Å². The number of unbranched alkanes of at least 4 members (excludes halogenated alkanes) is 13. The molecule has 30 heavy (non-hydrogen) atoms. The van der Waals surface area contributed by atoms with Gasteiger partial charge < -0.3 is 9.16 Å². The third kappa shape index (κ3) is 15.2. The SMILES string of the molecule is CCCCCCCCCCCCC=CC(CCCCCC)(O[Si](C)(C)C)C(=O)OC. The molecule has 0 heterocycles. The molecule has 0 radical (unpaired) electrons. The van der Waals surface area contributed by atoms with Gasteiger partial charge in [0.15, 0.2) is 13.9 Å². The zero-order valence-corrected chi connectivity index (χ0v) is 22.2. The van der Waals surface area contributed by atoms with Crippen LogP contribution in [0.25, 0.3) is 0 Å². The van der Waals surface area contributed by atoms with Crippen molar-refractivity contribution >= 4 is 14.3 Å². The van der Waals surface area contributed by atoms with Gasteiger partial charge in [-0.05, 0) is 51.4 Å². The van der Waals surface area contributed by atoms with Gasteiger partial charge in [0.1, 0.15) is 0 Å². The number of hydrogen-bond donors (Lipinski definition) is 0. The summed E-state index contributed by atoms with van der Waals surface area (Å²) < 4.78 is 11.6. The van der Waals surface area contributed by atoms with Gasteiger partial charge in [-0.15, -0.1) is 0 Å². The summed E-state index contributed by atoms with van der Waals surface area (Å²) in [5, 5.41) is 0. The van der Waals surface area contributed by atoms with Gasteiger partial charge in [-0.3, -0.25) is 0 Å². The molecule has 4 heteroatoms. The second kappa shape index (κ2) is 18.0. The maximum atomic E-state index is 12.7. The minimum atomic E-state index is -1.89. The van der Waals surface area contributed by atoms with E-state index < -0.39 is 13.9 Å². The number of methoxy groups -OCH3 is 1. The van der Waals surface area contributed by atoms with Crippen molar-refractivity contribution in [2.45, 2.75) is 142 Å². The predicted octanol–water partition coefficient (Wildman–Crippen LogP) is 8.59. The number of carbonyl (C=O) groups excluding carboxylic acids is 1. The second-order valence-corrected chi connectivity index (χ2v) is 14.2. The fraction of sp³-hybridized carbons (Fsp3) is 0.885. The molecular formula is C26H52O3Si. The average Bonchev–Trinajstić information content (AvgIpc) is 2.70. The zero-order chi connectivity index (χ0) is 22.7. The highest BCUT2D eigenvalue weighted by molar-refractivity contribution is 6.70. The summed E-state index contributed by atoms with van der Waals surface area (Å²) in [5.41, 5.74) is -0.897. The van der Waals surface area contributed by atoms with E-state index in [1.807, 2.05) is 6.08 Å². The molecule has 1 unspecified atom stereocenters. The van der Waals surface area contributed by atoms with E-state index in [2.05, 4.69) is 39.6 Å². The molecule has 0 aliphatic rings. The third-order valence-corrected chi connectivity index (χ3v) is 6.51. The molecule has 0 aliphatic carbocycles. The fourth-order valence-corrected chi connectivity index (χ4v) is 5.28. The van der Waals surface area contributed by atoms with Crippen LogP contribution in [0.15, 0.2) is 12.2 Å². The first-order valence-electron chi connectivity index (χ1n) is 12.8. The minimum Gasteiger partial charge on any atom is -0.467 e. The summed E-state index contributed by atoms with van der Waals surface area (Å²) in [5.74, 6) is -0.235. The monoisotopic (exact) mass is 440 g/mol. The average molecular weight is 441 g/mol. The zero-order valence-electron chi connectivity index (χ0n) is 21.2. The molecule has 0 aromatic heterocycles. The van der Waals surface area contributed by atoms with Crippen molar-refractivity contribution in [3.8, 4) is 0 Å². The van der Waals surface area contributed by atoms with Crippen LogP contribution < -0.4 is 0 Å². The first-order valence-corrected chi connectivity index (χ1v) is 16.2. The first kappa shape index (κ1) is 29.4. The van der Waals surface area contributed by atoms with Gasteiger partial charge in [-0.25, -0.2) is 4.79 Å². The first-order chi connectivity index (χ1) is 14.3. The lowest BCUT2D eigenvalue weighted by Gasteiger charge is -2.34. The van der Waals surface area contributed by atoms with Gasteiger partial charge >= 0.3 is 5.97 Å². The van der Waals surface area contributed by atoms with Gasteiger partial charge in [-0.1, -0.05) is 97.0 Å². The third-order valence-electron chi connectivity index (χ3n) is 5.53. The van der Waals surface area contributed by atoms with Gasteiger partial charge in [0, 0.05) is 0 Å². The summed E-state index contributed by atoms with van der Waals surface area (Å²) in [6, 6.07) is 0. The minimum absolute atomic E-state index is 0.235. The van der Waals surface area contributed by atoms with E-state index in [-0.39, 0.29) is 5.97 Å². The molecule has 0 aromatic carbocycles. The number of esters is 1. The van der Waals surface area contributed by atoms with Crippen LogP contribution in [-0.2, 0) is 14.0 Å². The maximum absolute atomic E-state index is 12.7. The molecule has 1 atom stereocenters. The lowest BCUT2D eigenvalue weighted by molar-refractivity contribution is -0.156. The van der Waals surface area contributed by atoms with Crippen LogP contribution in [-0.4, -0.2) is 27.0 Å². The van der Waals surface area contributed by atoms with Crippen molar-refractivity contribution < 1.29 is 14.0 Å². The second-order valence-electron chi connectivity index (χ2n) is 9.78. The fourth-order valence-electron chi connectivity index (χ4n) is 3.94. The van der Waals surface area contributed by atoms with Crippen molar-refractivity contribution in [3.05, 3.63) is 12.2 Å². The smallest absolute Gasteiger partial charge is 0.341 e. The van der Waals surface area contributed by atoms with Crippen molar-refractivity contribution in [2.75, 3.05) is 7.11 Å². The van der Waals surface area contributed by atoms with Crippen LogP contribution in [0, 0.1) is 0 Å². The van der Waals surface area contributed by atoms with E-state index in [1.165, 1.54) is 84.2 Å². The summed E-state index contributed by atoms with van der Waals surface area (Å²) in [7, 11) is -0.416. The van der Waals surface area contributed by atoms with E-state index in [9.17, 15) is 4.79 Å². The van der Waals surface area contributed by atoms with E-state index in [1.54, 1.807) is 0 Å². The summed E-state index contributed by atoms with van der Waals surface area (Å²) >= 11 is 0. The molecule has 0 spiro atoms. The Hall–Kier alpha value is -0.613. The van der Waals surface area contributed by atoms with Crippen LogP contribution >= 0.6 is 0 Å². The molecule has 0 aromatic rings. The molecule has 0 rings (SSSR count). The molecule has 0 bridgehead atoms. The van der Waals surface area contributed by atoms with Crippen LogP contribution in [0.5, 0.6) is 0 Å². The van der Waals surface area contributed by atoms with E-state index in [4.69, 9.17) is 9.16 Å². The van der Waals surface area contributed by atoms with Crippen molar-refractivity contribution in [1.29, 1.82) is 0 Å². The Morgan fingerprint density at radius 3 is 1.70 bits per heavy atom. The highest BCUT2D eigenvalue weighted by Gasteiger charge is 2.41. The van der Waals surface area contributed by atoms with Gasteiger partial charge in [0.2, 0.25) is 0 Å². The van der Waals surface area contributed by atoms with Crippen LogP contribution in [0.2, 0.25) is 19.6 Å². The molecule has 0 saturated carbocycles. The molecule has 0 aliphatic heterocycles. The number of hydrogen-bond acceptors (Lipinski definition) is 3. The number of carbonyl (C=O) groups is 1. The Morgan fingerprint density at radius 2 is 1.23 bits per heavy atom. The quantitative estimate of drug-likeness (QED) is 0.0822. The lowest BCUT2D eigenvalue weighted by Crippen LogP contribution is -2.48. The van der Waals surface area contributed by atoms with Gasteiger partial charge in [0.05, 0.1) is 7.11 Å². The van der Waals surface area contributed by atoms with Crippen molar-refractivity contribution in [2.24, 2.45) is 0 Å². The standard InChI is InChI=1S/C26H52O3Si/c1-7-9-11-13-14-15-16-17-18-19-20-22-24-26(25(27)28-3,29-30(4,5)6)23-21-12-10-8-2/h22,24H,7-21,23H2,1-6H3. The highest BCUT2D eigenvalue weighted by Crippen LogP contribution is 2.28. The van der Waals surface area contributed by atoms with Crippen molar-refractivity contribution in [1.82, 2.24) is 0 Å². The Labute approximate surface area is 189 Å². The molecule has 3 nitrogen and oxygen atoms in total. The largest absolute Gasteiger partial charge is 0.467 e. The van der Waals surface area contributed by atoms with Gasteiger partial charge in [-0.2, -0.15) is 0 Å². The lowest BCUT2D eigenvalue weighted by atomic mass is 9.94. The normalized spacial score (nSPS) is 14.2. The number of ether oxygens (including phenoxy) is 1. The van der Waals surface area contributed by atoms with Crippen LogP contribution in [0.3, 0.4) is 0 Å². The highest BCUT2D eigenvalue weighted by atomic mass is 28.4. The molecule has 0 saturated heterocycles. The summed E-state index contributed by atoms with van der Waals surface area (Å²) in [6.45, 7) is 10.9.